The zero-order valence-corrected chi connectivity index (χ0v) is 11.8. The van der Waals surface area contributed by atoms with Crippen LogP contribution in [0, 0.1) is 5.82 Å². The molecule has 0 amide bonds. The van der Waals surface area contributed by atoms with Crippen molar-refractivity contribution in [2.75, 3.05) is 0 Å². The standard InChI is InChI=1S/C14H17ClFN3/c1-3-12-14(15)13(19(2)18-12)9-17-8-10-6-4-5-7-11(10)16/h4-7,17H,3,8-9H2,1-2H3. The second-order valence-electron chi connectivity index (χ2n) is 4.38. The van der Waals surface area contributed by atoms with Crippen molar-refractivity contribution in [3.8, 4) is 0 Å². The van der Waals surface area contributed by atoms with E-state index in [0.717, 1.165) is 17.8 Å². The molecule has 0 aliphatic heterocycles. The second-order valence-corrected chi connectivity index (χ2v) is 4.76. The lowest BCUT2D eigenvalue weighted by atomic mass is 10.2. The van der Waals surface area contributed by atoms with Crippen LogP contribution in [-0.4, -0.2) is 9.78 Å². The van der Waals surface area contributed by atoms with Crippen LogP contribution in [0.25, 0.3) is 0 Å². The lowest BCUT2D eigenvalue weighted by Crippen LogP contribution is -2.16. The number of aryl methyl sites for hydroxylation is 2. The van der Waals surface area contributed by atoms with Crippen LogP contribution in [0.3, 0.4) is 0 Å². The molecule has 1 heterocycles. The van der Waals surface area contributed by atoms with E-state index in [4.69, 9.17) is 11.6 Å². The largest absolute Gasteiger partial charge is 0.307 e. The summed E-state index contributed by atoms with van der Waals surface area (Å²) in [6.45, 7) is 3.05. The summed E-state index contributed by atoms with van der Waals surface area (Å²) in [6.07, 6.45) is 0.806. The smallest absolute Gasteiger partial charge is 0.127 e. The van der Waals surface area contributed by atoms with E-state index < -0.39 is 0 Å². The van der Waals surface area contributed by atoms with Gasteiger partial charge in [0.05, 0.1) is 16.4 Å². The van der Waals surface area contributed by atoms with Crippen LogP contribution >= 0.6 is 11.6 Å². The maximum absolute atomic E-state index is 13.4. The molecular weight excluding hydrogens is 265 g/mol. The molecule has 3 nitrogen and oxygen atoms in total. The molecule has 102 valence electrons. The summed E-state index contributed by atoms with van der Waals surface area (Å²) in [7, 11) is 1.87. The molecule has 1 aromatic carbocycles. The Morgan fingerprint density at radius 1 is 1.32 bits per heavy atom. The highest BCUT2D eigenvalue weighted by molar-refractivity contribution is 6.31. The Bertz CT molecular complexity index is 566. The Balaban J connectivity index is 2.00. The summed E-state index contributed by atoms with van der Waals surface area (Å²) >= 11 is 6.25. The fraction of sp³-hybridized carbons (Fsp3) is 0.357. The Morgan fingerprint density at radius 2 is 2.05 bits per heavy atom. The number of nitrogens with zero attached hydrogens (tertiary/aromatic N) is 2. The molecule has 5 heteroatoms. The number of hydrogen-bond acceptors (Lipinski definition) is 2. The van der Waals surface area contributed by atoms with E-state index in [0.29, 0.717) is 23.7 Å². The van der Waals surface area contributed by atoms with Gasteiger partial charge in [0.2, 0.25) is 0 Å². The molecule has 0 aliphatic rings. The molecule has 0 saturated heterocycles. The number of rotatable bonds is 5. The number of nitrogens with one attached hydrogen (secondary N) is 1. The van der Waals surface area contributed by atoms with Crippen molar-refractivity contribution in [2.45, 2.75) is 26.4 Å². The van der Waals surface area contributed by atoms with E-state index in [9.17, 15) is 4.39 Å². The molecule has 0 saturated carbocycles. The van der Waals surface area contributed by atoms with Gasteiger partial charge >= 0.3 is 0 Å². The highest BCUT2D eigenvalue weighted by atomic mass is 35.5. The number of benzene rings is 1. The molecule has 2 aromatic rings. The van der Waals surface area contributed by atoms with E-state index in [1.165, 1.54) is 6.07 Å². The lowest BCUT2D eigenvalue weighted by molar-refractivity contribution is 0.576. The summed E-state index contributed by atoms with van der Waals surface area (Å²) in [4.78, 5) is 0. The van der Waals surface area contributed by atoms with Crippen molar-refractivity contribution in [1.82, 2.24) is 15.1 Å². The minimum Gasteiger partial charge on any atom is -0.307 e. The molecule has 2 rings (SSSR count). The fourth-order valence-corrected chi connectivity index (χ4v) is 2.33. The van der Waals surface area contributed by atoms with Crippen molar-refractivity contribution in [2.24, 2.45) is 7.05 Å². The zero-order chi connectivity index (χ0) is 13.8. The molecule has 0 aliphatic carbocycles. The molecule has 0 fully saturated rings. The van der Waals surface area contributed by atoms with Gasteiger partial charge < -0.3 is 5.32 Å². The Labute approximate surface area is 117 Å². The Kier molecular flexibility index (Phi) is 4.56. The molecule has 1 N–H and O–H groups in total. The molecule has 19 heavy (non-hydrogen) atoms. The van der Waals surface area contributed by atoms with Crippen molar-refractivity contribution in [3.63, 3.8) is 0 Å². The van der Waals surface area contributed by atoms with Gasteiger partial charge in [0.15, 0.2) is 0 Å². The first-order valence-corrected chi connectivity index (χ1v) is 6.65. The van der Waals surface area contributed by atoms with Crippen LogP contribution in [0.5, 0.6) is 0 Å². The third-order valence-corrected chi connectivity index (χ3v) is 3.50. The molecular formula is C14H17ClFN3. The quantitative estimate of drug-likeness (QED) is 0.913. The van der Waals surface area contributed by atoms with E-state index >= 15 is 0 Å². The van der Waals surface area contributed by atoms with Crippen LogP contribution in [0.1, 0.15) is 23.9 Å². The number of aromatic nitrogens is 2. The summed E-state index contributed by atoms with van der Waals surface area (Å²) < 4.78 is 15.2. The SMILES string of the molecule is CCc1nn(C)c(CNCc2ccccc2F)c1Cl. The van der Waals surface area contributed by atoms with Gasteiger partial charge in [-0.15, -0.1) is 0 Å². The first-order chi connectivity index (χ1) is 9.13. The van der Waals surface area contributed by atoms with Gasteiger partial charge in [0.25, 0.3) is 0 Å². The predicted molar refractivity (Wildman–Crippen MR) is 74.5 cm³/mol. The maximum Gasteiger partial charge on any atom is 0.127 e. The van der Waals surface area contributed by atoms with Crippen LogP contribution in [0.2, 0.25) is 5.02 Å². The monoisotopic (exact) mass is 281 g/mol. The van der Waals surface area contributed by atoms with Gasteiger partial charge in [-0.25, -0.2) is 4.39 Å². The lowest BCUT2D eigenvalue weighted by Gasteiger charge is -2.06. The van der Waals surface area contributed by atoms with Crippen LogP contribution in [0.15, 0.2) is 24.3 Å². The average molecular weight is 282 g/mol. The number of hydrogen-bond donors (Lipinski definition) is 1. The average Bonchev–Trinajstić information content (AvgIpc) is 2.68. The molecule has 0 bridgehead atoms. The number of halogens is 2. The maximum atomic E-state index is 13.4. The molecule has 0 spiro atoms. The molecule has 1 aromatic heterocycles. The third kappa shape index (κ3) is 3.14. The summed E-state index contributed by atoms with van der Waals surface area (Å²) in [5.74, 6) is -0.194. The summed E-state index contributed by atoms with van der Waals surface area (Å²) in [6, 6.07) is 6.74. The summed E-state index contributed by atoms with van der Waals surface area (Å²) in [5, 5.41) is 8.24. The minimum atomic E-state index is -0.194. The molecule has 0 unspecified atom stereocenters. The van der Waals surface area contributed by atoms with Crippen molar-refractivity contribution in [3.05, 3.63) is 52.1 Å². The topological polar surface area (TPSA) is 29.9 Å². The first kappa shape index (κ1) is 14.0. The normalized spacial score (nSPS) is 10.9. The Hall–Kier alpha value is -1.39. The van der Waals surface area contributed by atoms with Gasteiger partial charge in [-0.1, -0.05) is 36.7 Å². The minimum absolute atomic E-state index is 0.194. The Morgan fingerprint density at radius 3 is 2.68 bits per heavy atom. The zero-order valence-electron chi connectivity index (χ0n) is 11.1. The van der Waals surface area contributed by atoms with Crippen LogP contribution < -0.4 is 5.32 Å². The highest BCUT2D eigenvalue weighted by Gasteiger charge is 2.12. The van der Waals surface area contributed by atoms with Gasteiger partial charge in [0, 0.05) is 25.7 Å². The molecule has 0 atom stereocenters. The van der Waals surface area contributed by atoms with Crippen molar-refractivity contribution < 1.29 is 4.39 Å². The van der Waals surface area contributed by atoms with E-state index in [2.05, 4.69) is 10.4 Å². The third-order valence-electron chi connectivity index (χ3n) is 3.07. The van der Waals surface area contributed by atoms with E-state index in [-0.39, 0.29) is 5.82 Å². The van der Waals surface area contributed by atoms with Crippen LogP contribution in [-0.2, 0) is 26.6 Å². The van der Waals surface area contributed by atoms with Crippen molar-refractivity contribution >= 4 is 11.6 Å². The predicted octanol–water partition coefficient (Wildman–Crippen LogP) is 3.06. The van der Waals surface area contributed by atoms with Gasteiger partial charge in [0.1, 0.15) is 5.82 Å². The summed E-state index contributed by atoms with van der Waals surface area (Å²) in [5.41, 5.74) is 2.47. The van der Waals surface area contributed by atoms with Crippen molar-refractivity contribution in [1.29, 1.82) is 0 Å². The van der Waals surface area contributed by atoms with E-state index in [1.807, 2.05) is 20.0 Å². The highest BCUT2D eigenvalue weighted by Crippen LogP contribution is 2.20. The first-order valence-electron chi connectivity index (χ1n) is 6.27. The van der Waals surface area contributed by atoms with Gasteiger partial charge in [-0.05, 0) is 12.5 Å². The van der Waals surface area contributed by atoms with Gasteiger partial charge in [-0.3, -0.25) is 4.68 Å². The molecule has 0 radical (unpaired) electrons. The fourth-order valence-electron chi connectivity index (χ4n) is 1.97. The van der Waals surface area contributed by atoms with Gasteiger partial charge in [-0.2, -0.15) is 5.10 Å². The second kappa shape index (κ2) is 6.17. The van der Waals surface area contributed by atoms with E-state index in [1.54, 1.807) is 16.8 Å². The van der Waals surface area contributed by atoms with Crippen LogP contribution in [0.4, 0.5) is 4.39 Å².